The van der Waals surface area contributed by atoms with Gasteiger partial charge in [0, 0.05) is 15.8 Å². The Labute approximate surface area is 159 Å². The van der Waals surface area contributed by atoms with Crippen LogP contribution >= 0.6 is 11.8 Å². The van der Waals surface area contributed by atoms with Crippen LogP contribution in [0.2, 0.25) is 0 Å². The molecule has 0 aliphatic rings. The second kappa shape index (κ2) is 8.60. The van der Waals surface area contributed by atoms with Gasteiger partial charge in [-0.25, -0.2) is 8.42 Å². The minimum absolute atomic E-state index is 0.150. The zero-order chi connectivity index (χ0) is 19.3. The molecular formula is C19H24N2O3S2. The number of nitrogens with one attached hydrogen (secondary N) is 2. The average molecular weight is 393 g/mol. The van der Waals surface area contributed by atoms with E-state index in [2.05, 4.69) is 23.9 Å². The first-order valence-electron chi connectivity index (χ1n) is 8.30. The maximum Gasteiger partial charge on any atom is 0.252 e. The van der Waals surface area contributed by atoms with E-state index in [9.17, 15) is 13.2 Å². The van der Waals surface area contributed by atoms with Crippen LogP contribution in [0.4, 0.5) is 5.69 Å². The van der Waals surface area contributed by atoms with Crippen LogP contribution in [0.5, 0.6) is 0 Å². The average Bonchev–Trinajstić information content (AvgIpc) is 2.53. The molecule has 0 aliphatic heterocycles. The first-order chi connectivity index (χ1) is 12.2. The Kier molecular flexibility index (Phi) is 6.72. The molecule has 0 saturated heterocycles. The number of sulfonamides is 1. The lowest BCUT2D eigenvalue weighted by molar-refractivity contribution is 0.0937. The third kappa shape index (κ3) is 6.07. The number of hydrogen-bond acceptors (Lipinski definition) is 4. The van der Waals surface area contributed by atoms with Crippen LogP contribution in [0.25, 0.3) is 0 Å². The van der Waals surface area contributed by atoms with E-state index in [-0.39, 0.29) is 11.9 Å². The first kappa shape index (κ1) is 20.3. The van der Waals surface area contributed by atoms with Gasteiger partial charge in [0.2, 0.25) is 10.0 Å². The highest BCUT2D eigenvalue weighted by molar-refractivity contribution is 8.00. The van der Waals surface area contributed by atoms with Gasteiger partial charge in [0.25, 0.3) is 5.91 Å². The molecule has 140 valence electrons. The molecule has 1 unspecified atom stereocenters. The van der Waals surface area contributed by atoms with Crippen LogP contribution in [-0.2, 0) is 10.0 Å². The molecule has 7 heteroatoms. The normalized spacial score (nSPS) is 12.7. The Morgan fingerprint density at radius 2 is 1.73 bits per heavy atom. The van der Waals surface area contributed by atoms with Crippen molar-refractivity contribution in [3.8, 4) is 0 Å². The first-order valence-corrected chi connectivity index (χ1v) is 11.1. The lowest BCUT2D eigenvalue weighted by Gasteiger charge is -2.17. The SMILES string of the molecule is CC(C)Sc1ccccc1C(=O)NC(C)c1cccc(NS(C)(=O)=O)c1. The predicted molar refractivity (Wildman–Crippen MR) is 108 cm³/mol. The van der Waals surface area contributed by atoms with E-state index in [1.807, 2.05) is 37.3 Å². The maximum absolute atomic E-state index is 12.7. The highest BCUT2D eigenvalue weighted by Gasteiger charge is 2.16. The van der Waals surface area contributed by atoms with Gasteiger partial charge in [-0.2, -0.15) is 0 Å². The molecule has 5 nitrogen and oxygen atoms in total. The number of carbonyl (C=O) groups is 1. The summed E-state index contributed by atoms with van der Waals surface area (Å²) in [6.45, 7) is 6.04. The monoisotopic (exact) mass is 392 g/mol. The molecule has 0 bridgehead atoms. The number of hydrogen-bond donors (Lipinski definition) is 2. The summed E-state index contributed by atoms with van der Waals surface area (Å²) in [5.41, 5.74) is 1.94. The Morgan fingerprint density at radius 1 is 1.04 bits per heavy atom. The second-order valence-electron chi connectivity index (χ2n) is 6.36. The van der Waals surface area contributed by atoms with E-state index in [4.69, 9.17) is 0 Å². The Morgan fingerprint density at radius 3 is 2.38 bits per heavy atom. The Balaban J connectivity index is 2.16. The van der Waals surface area contributed by atoms with Gasteiger partial charge in [0.1, 0.15) is 0 Å². The quantitative estimate of drug-likeness (QED) is 0.697. The van der Waals surface area contributed by atoms with E-state index < -0.39 is 10.0 Å². The molecule has 2 N–H and O–H groups in total. The van der Waals surface area contributed by atoms with Crippen LogP contribution in [0.3, 0.4) is 0 Å². The smallest absolute Gasteiger partial charge is 0.252 e. The maximum atomic E-state index is 12.7. The van der Waals surface area contributed by atoms with E-state index in [1.54, 1.807) is 30.0 Å². The predicted octanol–water partition coefficient (Wildman–Crippen LogP) is 4.05. The van der Waals surface area contributed by atoms with Gasteiger partial charge in [-0.1, -0.05) is 38.1 Å². The van der Waals surface area contributed by atoms with E-state index in [0.717, 1.165) is 16.7 Å². The van der Waals surface area contributed by atoms with Crippen LogP contribution in [0, 0.1) is 0 Å². The summed E-state index contributed by atoms with van der Waals surface area (Å²) in [6, 6.07) is 14.3. The van der Waals surface area contributed by atoms with Crippen molar-refractivity contribution in [3.63, 3.8) is 0 Å². The molecule has 0 fully saturated rings. The van der Waals surface area contributed by atoms with Gasteiger partial charge in [-0.15, -0.1) is 11.8 Å². The van der Waals surface area contributed by atoms with Crippen molar-refractivity contribution in [1.82, 2.24) is 5.32 Å². The van der Waals surface area contributed by atoms with Crippen molar-refractivity contribution in [1.29, 1.82) is 0 Å². The van der Waals surface area contributed by atoms with E-state index >= 15 is 0 Å². The Bertz CT molecular complexity index is 880. The van der Waals surface area contributed by atoms with Gasteiger partial charge >= 0.3 is 0 Å². The molecule has 2 rings (SSSR count). The number of amides is 1. The van der Waals surface area contributed by atoms with Gasteiger partial charge in [-0.05, 0) is 36.8 Å². The summed E-state index contributed by atoms with van der Waals surface area (Å²) in [5.74, 6) is -0.150. The van der Waals surface area contributed by atoms with Crippen LogP contribution < -0.4 is 10.0 Å². The lowest BCUT2D eigenvalue weighted by Crippen LogP contribution is -2.27. The van der Waals surface area contributed by atoms with E-state index in [1.165, 1.54) is 0 Å². The highest BCUT2D eigenvalue weighted by atomic mass is 32.2. The fourth-order valence-corrected chi connectivity index (χ4v) is 3.96. The highest BCUT2D eigenvalue weighted by Crippen LogP contribution is 2.27. The number of benzene rings is 2. The third-order valence-corrected chi connectivity index (χ3v) is 5.22. The van der Waals surface area contributed by atoms with Crippen LogP contribution in [0.1, 0.15) is 42.7 Å². The Hall–Kier alpha value is -1.99. The second-order valence-corrected chi connectivity index (χ2v) is 9.72. The molecule has 0 aliphatic carbocycles. The van der Waals surface area contributed by atoms with Crippen molar-refractivity contribution in [2.45, 2.75) is 37.0 Å². The van der Waals surface area contributed by atoms with Crippen molar-refractivity contribution in [2.24, 2.45) is 0 Å². The molecule has 0 aromatic heterocycles. The van der Waals surface area contributed by atoms with Crippen LogP contribution in [-0.4, -0.2) is 25.8 Å². The summed E-state index contributed by atoms with van der Waals surface area (Å²) in [7, 11) is -3.34. The molecule has 0 radical (unpaired) electrons. The molecular weight excluding hydrogens is 368 g/mol. The van der Waals surface area contributed by atoms with E-state index in [0.29, 0.717) is 16.5 Å². The summed E-state index contributed by atoms with van der Waals surface area (Å²) in [6.07, 6.45) is 1.11. The summed E-state index contributed by atoms with van der Waals surface area (Å²) in [5, 5.41) is 3.36. The molecule has 26 heavy (non-hydrogen) atoms. The van der Waals surface area contributed by atoms with Gasteiger partial charge in [-0.3, -0.25) is 9.52 Å². The van der Waals surface area contributed by atoms with Crippen molar-refractivity contribution < 1.29 is 13.2 Å². The molecule has 1 amide bonds. The number of thioether (sulfide) groups is 1. The largest absolute Gasteiger partial charge is 0.345 e. The zero-order valence-corrected chi connectivity index (χ0v) is 16.9. The topological polar surface area (TPSA) is 75.3 Å². The minimum atomic E-state index is -3.34. The molecule has 2 aromatic carbocycles. The molecule has 0 spiro atoms. The molecule has 1 atom stereocenters. The van der Waals surface area contributed by atoms with Gasteiger partial charge in [0.15, 0.2) is 0 Å². The molecule has 0 saturated carbocycles. The number of anilines is 1. The van der Waals surface area contributed by atoms with Crippen LogP contribution in [0.15, 0.2) is 53.4 Å². The number of carbonyl (C=O) groups excluding carboxylic acids is 1. The van der Waals surface area contributed by atoms with Gasteiger partial charge in [0.05, 0.1) is 17.9 Å². The zero-order valence-electron chi connectivity index (χ0n) is 15.3. The fraction of sp³-hybridized carbons (Fsp3) is 0.316. The third-order valence-electron chi connectivity index (χ3n) is 3.53. The summed E-state index contributed by atoms with van der Waals surface area (Å²) in [4.78, 5) is 13.7. The summed E-state index contributed by atoms with van der Waals surface area (Å²) < 4.78 is 25.2. The van der Waals surface area contributed by atoms with Crippen molar-refractivity contribution >= 4 is 33.4 Å². The summed E-state index contributed by atoms with van der Waals surface area (Å²) >= 11 is 1.65. The lowest BCUT2D eigenvalue weighted by atomic mass is 10.1. The standard InChI is InChI=1S/C19H24N2O3S2/c1-13(2)25-18-11-6-5-10-17(18)19(22)20-14(3)15-8-7-9-16(12-15)21-26(4,23)24/h5-14,21H,1-4H3,(H,20,22). The van der Waals surface area contributed by atoms with Crippen molar-refractivity contribution in [3.05, 3.63) is 59.7 Å². The van der Waals surface area contributed by atoms with Gasteiger partial charge < -0.3 is 5.32 Å². The number of rotatable bonds is 7. The fourth-order valence-electron chi connectivity index (χ4n) is 2.45. The van der Waals surface area contributed by atoms with Crippen molar-refractivity contribution in [2.75, 3.05) is 11.0 Å². The minimum Gasteiger partial charge on any atom is -0.345 e. The molecule has 2 aromatic rings. The molecule has 0 heterocycles.